The first-order chi connectivity index (χ1) is 16.7. The summed E-state index contributed by atoms with van der Waals surface area (Å²) in [5.41, 5.74) is 6.73. The molecule has 4 rings (SSSR count). The smallest absolute Gasteiger partial charge is 0.133 e. The molecule has 2 aromatic rings. The molecule has 0 aliphatic heterocycles. The van der Waals surface area contributed by atoms with E-state index in [9.17, 15) is 4.79 Å². The number of allylic oxidation sites excluding steroid dienone is 2. The average Bonchev–Trinajstić information content (AvgIpc) is 3.11. The van der Waals surface area contributed by atoms with Crippen molar-refractivity contribution < 1.29 is 9.07 Å². The molecule has 2 atom stereocenters. The van der Waals surface area contributed by atoms with Gasteiger partial charge in [0.25, 0.3) is 0 Å². The van der Waals surface area contributed by atoms with E-state index < -0.39 is 0 Å². The number of benzene rings is 1. The predicted molar refractivity (Wildman–Crippen MR) is 150 cm³/mol. The lowest BCUT2D eigenvalue weighted by atomic mass is 9.87. The first kappa shape index (κ1) is 24.6. The van der Waals surface area contributed by atoms with E-state index in [1.165, 1.54) is 66.5 Å². The molecule has 2 heteroatoms. The number of ketones is 1. The number of nitrogens with zero attached hydrogens (tertiary/aromatic N) is 1. The van der Waals surface area contributed by atoms with Crippen molar-refractivity contribution in [3.8, 4) is 0 Å². The molecule has 0 radical (unpaired) electrons. The molecule has 2 aliphatic rings. The van der Waals surface area contributed by atoms with Crippen LogP contribution in [0, 0.1) is 5.92 Å². The summed E-state index contributed by atoms with van der Waals surface area (Å²) in [5, 5.41) is 0. The number of unbranched alkanes of at least 4 members (excludes halogenated alkanes) is 2. The number of hydrogen-bond acceptors (Lipinski definition) is 2. The van der Waals surface area contributed by atoms with E-state index in [1.807, 2.05) is 6.20 Å². The second-order valence-electron chi connectivity index (χ2n) is 10.3. The van der Waals surface area contributed by atoms with Crippen LogP contribution in [0.15, 0.2) is 48.7 Å². The van der Waals surface area contributed by atoms with Crippen molar-refractivity contribution in [3.63, 3.8) is 0 Å². The summed E-state index contributed by atoms with van der Waals surface area (Å²) in [7, 11) is 0. The molecule has 2 nitrogen and oxygen atoms in total. The van der Waals surface area contributed by atoms with Crippen LogP contribution in [0.1, 0.15) is 116 Å². The van der Waals surface area contributed by atoms with Crippen LogP contribution in [-0.4, -0.2) is 10.8 Å². The van der Waals surface area contributed by atoms with Gasteiger partial charge in [-0.25, -0.2) is 0 Å². The Morgan fingerprint density at radius 2 is 2.06 bits per heavy atom. The molecule has 1 aromatic carbocycles. The van der Waals surface area contributed by atoms with Gasteiger partial charge in [-0.2, -0.15) is 0 Å². The molecule has 34 heavy (non-hydrogen) atoms. The third-order valence-corrected chi connectivity index (χ3v) is 7.72. The minimum absolute atomic E-state index is 0. The molecule has 1 fully saturated rings. The van der Waals surface area contributed by atoms with Gasteiger partial charge in [0.15, 0.2) is 0 Å². The minimum Gasteiger partial charge on any atom is -0.300 e. The van der Waals surface area contributed by atoms with Gasteiger partial charge in [0.2, 0.25) is 0 Å². The van der Waals surface area contributed by atoms with E-state index >= 15 is 0 Å². The molecular formula is C32H47NO. The van der Waals surface area contributed by atoms with E-state index in [0.29, 0.717) is 24.0 Å². The van der Waals surface area contributed by atoms with Crippen molar-refractivity contribution >= 4 is 17.9 Å². The first-order valence-corrected chi connectivity index (χ1v) is 13.6. The van der Waals surface area contributed by atoms with E-state index in [0.717, 1.165) is 38.5 Å². The lowest BCUT2D eigenvalue weighted by molar-refractivity contribution is -0.120. The van der Waals surface area contributed by atoms with Crippen LogP contribution in [0.3, 0.4) is 0 Å². The Bertz CT molecular complexity index is 1020. The Hall–Kier alpha value is -2.48. The molecular weight excluding hydrogens is 414 g/mol. The van der Waals surface area contributed by atoms with Gasteiger partial charge in [0.05, 0.1) is 5.69 Å². The highest BCUT2D eigenvalue weighted by molar-refractivity contribution is 5.79. The zero-order valence-corrected chi connectivity index (χ0v) is 21.0. The fourth-order valence-electron chi connectivity index (χ4n) is 5.72. The normalized spacial score (nSPS) is 20.3. The zero-order chi connectivity index (χ0) is 23.6. The Morgan fingerprint density at radius 3 is 2.97 bits per heavy atom. The van der Waals surface area contributed by atoms with E-state index in [-0.39, 0.29) is 4.28 Å². The van der Waals surface area contributed by atoms with Gasteiger partial charge in [-0.05, 0) is 79.2 Å². The van der Waals surface area contributed by atoms with Crippen LogP contribution in [-0.2, 0) is 17.6 Å². The molecule has 1 saturated carbocycles. The summed E-state index contributed by atoms with van der Waals surface area (Å²) in [6, 6.07) is 10.8. The highest BCUT2D eigenvalue weighted by atomic mass is 16.1. The average molecular weight is 462 g/mol. The molecule has 0 saturated heterocycles. The molecule has 0 spiro atoms. The molecule has 1 heterocycles. The lowest BCUT2D eigenvalue weighted by Gasteiger charge is -2.20. The summed E-state index contributed by atoms with van der Waals surface area (Å²) >= 11 is 0. The number of aromatic nitrogens is 1. The van der Waals surface area contributed by atoms with Gasteiger partial charge in [-0.3, -0.25) is 9.78 Å². The van der Waals surface area contributed by atoms with Crippen LogP contribution in [0.5, 0.6) is 0 Å². The highest BCUT2D eigenvalue weighted by Crippen LogP contribution is 2.38. The summed E-state index contributed by atoms with van der Waals surface area (Å²) in [4.78, 5) is 17.7. The molecule has 0 bridgehead atoms. The quantitative estimate of drug-likeness (QED) is 0.261. The maximum Gasteiger partial charge on any atom is 0.133 e. The molecule has 186 valence electrons. The zero-order valence-electron chi connectivity index (χ0n) is 21.0. The fraction of sp³-hybridized carbons (Fsp3) is 0.500. The number of hydrogen-bond donors (Lipinski definition) is 0. The van der Waals surface area contributed by atoms with Crippen molar-refractivity contribution in [2.45, 2.75) is 96.3 Å². The van der Waals surface area contributed by atoms with Crippen LogP contribution < -0.4 is 0 Å². The fourth-order valence-corrected chi connectivity index (χ4v) is 5.72. The maximum atomic E-state index is 12.9. The SMILES string of the molecule is CCCC/C=C\c1ccccc1CCC(=O)C[C@@H]1CCCC(c2nccc3c2C=CCC3)CC1.[HH].[HH].[HH]. The topological polar surface area (TPSA) is 30.0 Å². The van der Waals surface area contributed by atoms with Crippen molar-refractivity contribution in [2.75, 3.05) is 0 Å². The molecule has 1 unspecified atom stereocenters. The number of Topliss-reactive ketones (excluding diaryl/α,β-unsaturated/α-hetero) is 1. The van der Waals surface area contributed by atoms with Crippen molar-refractivity contribution in [1.29, 1.82) is 0 Å². The Kier molecular flexibility index (Phi) is 9.30. The Labute approximate surface area is 211 Å². The third kappa shape index (κ3) is 6.78. The number of carbonyl (C=O) groups is 1. The number of aryl methyl sites for hydroxylation is 2. The van der Waals surface area contributed by atoms with Crippen molar-refractivity contribution in [3.05, 3.63) is 76.6 Å². The van der Waals surface area contributed by atoms with Gasteiger partial charge in [0, 0.05) is 29.2 Å². The van der Waals surface area contributed by atoms with Crippen LogP contribution in [0.4, 0.5) is 0 Å². The minimum atomic E-state index is 0. The summed E-state index contributed by atoms with van der Waals surface area (Å²) in [5.74, 6) is 1.52. The largest absolute Gasteiger partial charge is 0.300 e. The monoisotopic (exact) mass is 461 g/mol. The van der Waals surface area contributed by atoms with E-state index in [1.54, 1.807) is 0 Å². The van der Waals surface area contributed by atoms with Crippen molar-refractivity contribution in [2.24, 2.45) is 5.92 Å². The number of pyridine rings is 1. The second-order valence-corrected chi connectivity index (χ2v) is 10.3. The third-order valence-electron chi connectivity index (χ3n) is 7.72. The maximum absolute atomic E-state index is 12.9. The van der Waals surface area contributed by atoms with E-state index in [4.69, 9.17) is 4.98 Å². The highest BCUT2D eigenvalue weighted by Gasteiger charge is 2.25. The lowest BCUT2D eigenvalue weighted by Crippen LogP contribution is -2.10. The number of carbonyl (C=O) groups excluding carboxylic acids is 1. The van der Waals surface area contributed by atoms with Gasteiger partial charge in [0.1, 0.15) is 5.78 Å². The van der Waals surface area contributed by atoms with Gasteiger partial charge < -0.3 is 0 Å². The first-order valence-electron chi connectivity index (χ1n) is 13.6. The Balaban J connectivity index is 0.00000228. The van der Waals surface area contributed by atoms with Crippen LogP contribution in [0.25, 0.3) is 12.2 Å². The predicted octanol–water partition coefficient (Wildman–Crippen LogP) is 9.24. The van der Waals surface area contributed by atoms with E-state index in [2.05, 4.69) is 61.6 Å². The van der Waals surface area contributed by atoms with Crippen LogP contribution in [0.2, 0.25) is 0 Å². The van der Waals surface area contributed by atoms with Gasteiger partial charge in [-0.1, -0.05) is 81.2 Å². The van der Waals surface area contributed by atoms with Gasteiger partial charge >= 0.3 is 0 Å². The Morgan fingerprint density at radius 1 is 1.15 bits per heavy atom. The summed E-state index contributed by atoms with van der Waals surface area (Å²) in [6.45, 7) is 2.23. The standard InChI is InChI=1S/C32H41NO.3H2/c1-2-3-4-5-12-26-13-6-7-14-27(26)20-21-30(34)24-25-11-10-16-29(19-18-25)32-31-17-9-8-15-28(31)22-23-33-32;;;/h5-7,9,12-14,17,22-23,25,29H,2-4,8,10-11,15-16,18-21,24H2,1H3;3*1H/b12-5-;;;/t25-,29?;;;/m1.../s1. The van der Waals surface area contributed by atoms with Crippen molar-refractivity contribution in [1.82, 2.24) is 4.98 Å². The number of fused-ring (bicyclic) bond motifs is 1. The molecule has 1 aromatic heterocycles. The molecule has 2 aliphatic carbocycles. The molecule has 0 N–H and O–H groups in total. The van der Waals surface area contributed by atoms with Gasteiger partial charge in [-0.15, -0.1) is 0 Å². The summed E-state index contributed by atoms with van der Waals surface area (Å²) < 4.78 is 0. The van der Waals surface area contributed by atoms with Crippen LogP contribution >= 0.6 is 0 Å². The summed E-state index contributed by atoms with van der Waals surface area (Å²) in [6.07, 6.45) is 25.2. The second kappa shape index (κ2) is 12.8. The number of rotatable bonds is 10. The molecule has 0 amide bonds.